The van der Waals surface area contributed by atoms with Crippen molar-refractivity contribution in [2.75, 3.05) is 0 Å². The summed E-state index contributed by atoms with van der Waals surface area (Å²) in [5, 5.41) is 0.843. The standard InChI is InChI=1S/C16H38O2Si2/c1-6-7-8-9-10-11-12-13-16(19-17-14(2)3)20-18-15(4)5/h14-16H,6-13,19-20H2,1-5H3. The molecule has 0 unspecified atom stereocenters. The van der Waals surface area contributed by atoms with Gasteiger partial charge >= 0.3 is 0 Å². The zero-order valence-corrected chi connectivity index (χ0v) is 17.4. The lowest BCUT2D eigenvalue weighted by Gasteiger charge is -2.19. The molecular weight excluding hydrogens is 280 g/mol. The normalized spacial score (nSPS) is 14.6. The number of hydrogen-bond acceptors (Lipinski definition) is 2. The molecule has 0 heterocycles. The van der Waals surface area contributed by atoms with Crippen LogP contribution in [0.4, 0.5) is 0 Å². The second kappa shape index (κ2) is 14.3. The molecule has 0 aromatic rings. The van der Waals surface area contributed by atoms with Gasteiger partial charge in [0, 0.05) is 12.2 Å². The van der Waals surface area contributed by atoms with Crippen molar-refractivity contribution in [3.63, 3.8) is 0 Å². The summed E-state index contributed by atoms with van der Waals surface area (Å²) in [6, 6.07) is 0. The molecular formula is C16H38O2Si2. The molecule has 0 aromatic heterocycles. The van der Waals surface area contributed by atoms with E-state index in [1.165, 1.54) is 51.4 Å². The first-order valence-electron chi connectivity index (χ1n) is 8.79. The summed E-state index contributed by atoms with van der Waals surface area (Å²) in [5.74, 6) is 0. The summed E-state index contributed by atoms with van der Waals surface area (Å²) in [7, 11) is -0.752. The summed E-state index contributed by atoms with van der Waals surface area (Å²) in [6.07, 6.45) is 12.0. The van der Waals surface area contributed by atoms with E-state index in [9.17, 15) is 0 Å². The molecule has 20 heavy (non-hydrogen) atoms. The van der Waals surface area contributed by atoms with Crippen LogP contribution in [0.1, 0.15) is 86.0 Å². The zero-order chi connectivity index (χ0) is 15.2. The highest BCUT2D eigenvalue weighted by atomic mass is 28.3. The highest BCUT2D eigenvalue weighted by Crippen LogP contribution is 2.17. The third-order valence-electron chi connectivity index (χ3n) is 3.55. The largest absolute Gasteiger partial charge is 0.422 e. The monoisotopic (exact) mass is 318 g/mol. The Morgan fingerprint density at radius 3 is 1.60 bits per heavy atom. The Hall–Kier alpha value is 0.354. The molecule has 0 aliphatic rings. The minimum absolute atomic E-state index is 0.376. The van der Waals surface area contributed by atoms with E-state index in [-0.39, 0.29) is 19.5 Å². The van der Waals surface area contributed by atoms with Gasteiger partial charge in [0.1, 0.15) is 0 Å². The maximum atomic E-state index is 5.94. The van der Waals surface area contributed by atoms with E-state index in [1.807, 2.05) is 0 Å². The average Bonchev–Trinajstić information content (AvgIpc) is 2.39. The predicted octanol–water partition coefficient (Wildman–Crippen LogP) is 3.89. The number of rotatable bonds is 14. The topological polar surface area (TPSA) is 18.5 Å². The molecule has 122 valence electrons. The van der Waals surface area contributed by atoms with Gasteiger partial charge < -0.3 is 8.85 Å². The Kier molecular flexibility index (Phi) is 14.6. The minimum Gasteiger partial charge on any atom is -0.422 e. The second-order valence-corrected chi connectivity index (χ2v) is 11.3. The first kappa shape index (κ1) is 20.4. The summed E-state index contributed by atoms with van der Waals surface area (Å²) in [5.41, 5.74) is 0. The van der Waals surface area contributed by atoms with Gasteiger partial charge in [0.15, 0.2) is 19.5 Å². The molecule has 0 fully saturated rings. The Labute approximate surface area is 132 Å². The molecule has 4 heteroatoms. The van der Waals surface area contributed by atoms with Crippen molar-refractivity contribution in [2.45, 2.75) is 103 Å². The fourth-order valence-corrected chi connectivity index (χ4v) is 5.69. The average molecular weight is 319 g/mol. The lowest BCUT2D eigenvalue weighted by molar-refractivity contribution is 0.240. The van der Waals surface area contributed by atoms with Crippen molar-refractivity contribution in [1.82, 2.24) is 0 Å². The van der Waals surface area contributed by atoms with Gasteiger partial charge in [-0.05, 0) is 32.9 Å². The van der Waals surface area contributed by atoms with Crippen molar-refractivity contribution in [3.05, 3.63) is 0 Å². The SMILES string of the molecule is CCCCCCCCCC([SiH2]OC(C)C)[SiH2]OC(C)C. The molecule has 0 radical (unpaired) electrons. The van der Waals surface area contributed by atoms with Crippen LogP contribution >= 0.6 is 0 Å². The van der Waals surface area contributed by atoms with Gasteiger partial charge in [0.25, 0.3) is 0 Å². The fourth-order valence-electron chi connectivity index (χ4n) is 2.26. The molecule has 0 spiro atoms. The van der Waals surface area contributed by atoms with E-state index < -0.39 is 0 Å². The maximum Gasteiger partial charge on any atom is 0.164 e. The Bertz CT molecular complexity index is 187. The maximum absolute atomic E-state index is 5.94. The highest BCUT2D eigenvalue weighted by Gasteiger charge is 2.13. The predicted molar refractivity (Wildman–Crippen MR) is 95.9 cm³/mol. The first-order valence-corrected chi connectivity index (χ1v) is 11.6. The van der Waals surface area contributed by atoms with E-state index in [2.05, 4.69) is 34.6 Å². The van der Waals surface area contributed by atoms with Crippen LogP contribution in [0.25, 0.3) is 0 Å². The van der Waals surface area contributed by atoms with Gasteiger partial charge in [0.05, 0.1) is 0 Å². The quantitative estimate of drug-likeness (QED) is 0.357. The van der Waals surface area contributed by atoms with Crippen molar-refractivity contribution >= 4 is 19.5 Å². The van der Waals surface area contributed by atoms with E-state index in [0.29, 0.717) is 12.2 Å². The Morgan fingerprint density at radius 1 is 0.700 bits per heavy atom. The molecule has 0 aliphatic carbocycles. The zero-order valence-electron chi connectivity index (χ0n) is 14.6. The highest BCUT2D eigenvalue weighted by molar-refractivity contribution is 6.51. The summed E-state index contributed by atoms with van der Waals surface area (Å²) >= 11 is 0. The molecule has 0 saturated heterocycles. The molecule has 0 saturated carbocycles. The Balaban J connectivity index is 3.67. The second-order valence-electron chi connectivity index (χ2n) is 6.54. The molecule has 0 atom stereocenters. The third-order valence-corrected chi connectivity index (χ3v) is 8.44. The van der Waals surface area contributed by atoms with E-state index >= 15 is 0 Å². The van der Waals surface area contributed by atoms with E-state index in [0.717, 1.165) is 5.16 Å². The van der Waals surface area contributed by atoms with Crippen LogP contribution in [-0.4, -0.2) is 31.7 Å². The minimum atomic E-state index is -0.376. The number of hydrogen-bond donors (Lipinski definition) is 0. The van der Waals surface area contributed by atoms with Crippen LogP contribution in [0.2, 0.25) is 5.16 Å². The fraction of sp³-hybridized carbons (Fsp3) is 1.00. The molecule has 0 bridgehead atoms. The van der Waals surface area contributed by atoms with Crippen LogP contribution in [0.15, 0.2) is 0 Å². The first-order chi connectivity index (χ1) is 9.56. The molecule has 0 aliphatic heterocycles. The summed E-state index contributed by atoms with van der Waals surface area (Å²) in [6.45, 7) is 10.9. The lowest BCUT2D eigenvalue weighted by atomic mass is 10.1. The van der Waals surface area contributed by atoms with Gasteiger partial charge in [-0.25, -0.2) is 0 Å². The molecule has 0 amide bonds. The van der Waals surface area contributed by atoms with Gasteiger partial charge in [-0.2, -0.15) is 0 Å². The van der Waals surface area contributed by atoms with Crippen molar-refractivity contribution in [3.8, 4) is 0 Å². The van der Waals surface area contributed by atoms with Crippen LogP contribution in [0.3, 0.4) is 0 Å². The van der Waals surface area contributed by atoms with Crippen molar-refractivity contribution in [1.29, 1.82) is 0 Å². The van der Waals surface area contributed by atoms with E-state index in [1.54, 1.807) is 0 Å². The van der Waals surface area contributed by atoms with Gasteiger partial charge in [0.2, 0.25) is 0 Å². The summed E-state index contributed by atoms with van der Waals surface area (Å²) < 4.78 is 11.9. The van der Waals surface area contributed by atoms with Crippen molar-refractivity contribution < 1.29 is 8.85 Å². The van der Waals surface area contributed by atoms with Crippen LogP contribution in [0, 0.1) is 0 Å². The summed E-state index contributed by atoms with van der Waals surface area (Å²) in [4.78, 5) is 0. The van der Waals surface area contributed by atoms with Gasteiger partial charge in [-0.15, -0.1) is 0 Å². The van der Waals surface area contributed by atoms with Crippen LogP contribution in [0.5, 0.6) is 0 Å². The molecule has 0 N–H and O–H groups in total. The van der Waals surface area contributed by atoms with Crippen LogP contribution < -0.4 is 0 Å². The third kappa shape index (κ3) is 14.8. The van der Waals surface area contributed by atoms with E-state index in [4.69, 9.17) is 8.85 Å². The van der Waals surface area contributed by atoms with Gasteiger partial charge in [-0.1, -0.05) is 58.3 Å². The smallest absolute Gasteiger partial charge is 0.164 e. The molecule has 0 aromatic carbocycles. The molecule has 2 nitrogen and oxygen atoms in total. The van der Waals surface area contributed by atoms with Crippen molar-refractivity contribution in [2.24, 2.45) is 0 Å². The number of unbranched alkanes of at least 4 members (excludes halogenated alkanes) is 6. The van der Waals surface area contributed by atoms with Crippen LogP contribution in [-0.2, 0) is 8.85 Å². The lowest BCUT2D eigenvalue weighted by Crippen LogP contribution is -2.22. The van der Waals surface area contributed by atoms with Gasteiger partial charge in [-0.3, -0.25) is 0 Å². The molecule has 0 rings (SSSR count). The Morgan fingerprint density at radius 2 is 1.15 bits per heavy atom.